The Morgan fingerprint density at radius 1 is 1.25 bits per heavy atom. The Balaban J connectivity index is 1.92. The van der Waals surface area contributed by atoms with Crippen molar-refractivity contribution in [3.05, 3.63) is 30.1 Å². The van der Waals surface area contributed by atoms with Gasteiger partial charge < -0.3 is 4.84 Å². The summed E-state index contributed by atoms with van der Waals surface area (Å²) in [6, 6.07) is 5.97. The number of aromatic nitrogens is 1. The highest BCUT2D eigenvalue weighted by Gasteiger charge is 2.06. The fourth-order valence-electron chi connectivity index (χ4n) is 2.34. The van der Waals surface area contributed by atoms with E-state index in [0.717, 1.165) is 30.5 Å². The van der Waals surface area contributed by atoms with Gasteiger partial charge in [0.2, 0.25) is 0 Å². The maximum atomic E-state index is 5.43. The average Bonchev–Trinajstić information content (AvgIpc) is 2.47. The van der Waals surface area contributed by atoms with Crippen molar-refractivity contribution in [3.63, 3.8) is 0 Å². The van der Waals surface area contributed by atoms with E-state index in [2.05, 4.69) is 31.2 Å². The number of hydrogen-bond acceptors (Lipinski definition) is 3. The first-order chi connectivity index (χ1) is 9.72. The third kappa shape index (κ3) is 8.28. The molecule has 114 valence electrons. The van der Waals surface area contributed by atoms with E-state index in [1.165, 1.54) is 25.7 Å². The lowest BCUT2D eigenvalue weighted by atomic mass is 9.92. The van der Waals surface area contributed by atoms with Crippen molar-refractivity contribution in [3.8, 4) is 0 Å². The van der Waals surface area contributed by atoms with Crippen LogP contribution in [0.3, 0.4) is 0 Å². The first-order valence-corrected chi connectivity index (χ1v) is 7.97. The minimum Gasteiger partial charge on any atom is -0.301 e. The summed E-state index contributed by atoms with van der Waals surface area (Å²) >= 11 is 0. The fourth-order valence-corrected chi connectivity index (χ4v) is 2.34. The lowest BCUT2D eigenvalue weighted by Gasteiger charge is -2.15. The van der Waals surface area contributed by atoms with Crippen LogP contribution in [0, 0.1) is 11.8 Å². The quantitative estimate of drug-likeness (QED) is 0.491. The van der Waals surface area contributed by atoms with Gasteiger partial charge in [-0.2, -0.15) is 0 Å². The standard InChI is InChI=1S/C17H30N2O/c1-4-15(2)14-16(3)8-7-12-19-20-13-10-17-9-5-6-11-18-17/h5-6,9,11,15-16,19H,4,7-8,10,12-14H2,1-3H3/t15?,16-/m0/s1. The van der Waals surface area contributed by atoms with Gasteiger partial charge in [0, 0.05) is 24.9 Å². The molecule has 1 heterocycles. The summed E-state index contributed by atoms with van der Waals surface area (Å²) in [6.45, 7) is 8.59. The van der Waals surface area contributed by atoms with Crippen molar-refractivity contribution in [1.29, 1.82) is 0 Å². The summed E-state index contributed by atoms with van der Waals surface area (Å²) < 4.78 is 0. The second kappa shape index (κ2) is 10.8. The zero-order chi connectivity index (χ0) is 14.6. The molecule has 2 atom stereocenters. The molecule has 1 unspecified atom stereocenters. The third-order valence-electron chi connectivity index (χ3n) is 3.77. The van der Waals surface area contributed by atoms with E-state index in [4.69, 9.17) is 4.84 Å². The molecular weight excluding hydrogens is 248 g/mol. The topological polar surface area (TPSA) is 34.1 Å². The molecule has 0 fully saturated rings. The summed E-state index contributed by atoms with van der Waals surface area (Å²) in [5.74, 6) is 1.67. The number of nitrogens with one attached hydrogen (secondary N) is 1. The lowest BCUT2D eigenvalue weighted by molar-refractivity contribution is 0.0414. The summed E-state index contributed by atoms with van der Waals surface area (Å²) in [5.41, 5.74) is 4.13. The van der Waals surface area contributed by atoms with E-state index in [1.54, 1.807) is 0 Å². The van der Waals surface area contributed by atoms with Crippen molar-refractivity contribution in [1.82, 2.24) is 10.5 Å². The Morgan fingerprint density at radius 3 is 2.80 bits per heavy atom. The molecule has 3 heteroatoms. The van der Waals surface area contributed by atoms with Gasteiger partial charge >= 0.3 is 0 Å². The maximum Gasteiger partial charge on any atom is 0.0737 e. The van der Waals surface area contributed by atoms with Gasteiger partial charge in [-0.1, -0.05) is 33.3 Å². The molecule has 0 bridgehead atoms. The highest BCUT2D eigenvalue weighted by atomic mass is 16.6. The molecule has 0 saturated carbocycles. The Hall–Kier alpha value is -0.930. The second-order valence-electron chi connectivity index (χ2n) is 5.81. The summed E-state index contributed by atoms with van der Waals surface area (Å²) in [5, 5.41) is 0. The van der Waals surface area contributed by atoms with E-state index >= 15 is 0 Å². The summed E-state index contributed by atoms with van der Waals surface area (Å²) in [7, 11) is 0. The zero-order valence-electron chi connectivity index (χ0n) is 13.3. The van der Waals surface area contributed by atoms with Crippen LogP contribution < -0.4 is 5.48 Å². The Kier molecular flexibility index (Phi) is 9.25. The van der Waals surface area contributed by atoms with E-state index in [9.17, 15) is 0 Å². The zero-order valence-corrected chi connectivity index (χ0v) is 13.3. The monoisotopic (exact) mass is 278 g/mol. The van der Waals surface area contributed by atoms with Crippen LogP contribution in [0.5, 0.6) is 0 Å². The van der Waals surface area contributed by atoms with Gasteiger partial charge in [0.15, 0.2) is 0 Å². The van der Waals surface area contributed by atoms with E-state index in [1.807, 2.05) is 24.4 Å². The van der Waals surface area contributed by atoms with Gasteiger partial charge in [-0.25, -0.2) is 5.48 Å². The van der Waals surface area contributed by atoms with Gasteiger partial charge in [-0.3, -0.25) is 4.98 Å². The van der Waals surface area contributed by atoms with Crippen molar-refractivity contribution in [2.75, 3.05) is 13.2 Å². The predicted molar refractivity (Wildman–Crippen MR) is 84.4 cm³/mol. The minimum atomic E-state index is 0.680. The molecule has 0 aromatic carbocycles. The average molecular weight is 278 g/mol. The molecule has 0 aliphatic carbocycles. The van der Waals surface area contributed by atoms with Crippen LogP contribution in [-0.4, -0.2) is 18.1 Å². The number of hydroxylamine groups is 1. The van der Waals surface area contributed by atoms with Crippen molar-refractivity contribution in [2.24, 2.45) is 11.8 Å². The van der Waals surface area contributed by atoms with Crippen molar-refractivity contribution >= 4 is 0 Å². The van der Waals surface area contributed by atoms with Crippen LogP contribution in [0.15, 0.2) is 24.4 Å². The van der Waals surface area contributed by atoms with Gasteiger partial charge in [0.05, 0.1) is 6.61 Å². The molecule has 1 aromatic heterocycles. The van der Waals surface area contributed by atoms with Gasteiger partial charge in [0.1, 0.15) is 0 Å². The van der Waals surface area contributed by atoms with Crippen LogP contribution >= 0.6 is 0 Å². The van der Waals surface area contributed by atoms with Gasteiger partial charge in [0.25, 0.3) is 0 Å². The fraction of sp³-hybridized carbons (Fsp3) is 0.706. The molecule has 0 radical (unpaired) electrons. The van der Waals surface area contributed by atoms with Crippen LogP contribution in [0.4, 0.5) is 0 Å². The smallest absolute Gasteiger partial charge is 0.0737 e. The molecule has 3 nitrogen and oxygen atoms in total. The Morgan fingerprint density at radius 2 is 2.10 bits per heavy atom. The number of nitrogens with zero attached hydrogens (tertiary/aromatic N) is 1. The molecule has 1 rings (SSSR count). The molecule has 0 spiro atoms. The highest BCUT2D eigenvalue weighted by molar-refractivity contribution is 5.03. The molecule has 20 heavy (non-hydrogen) atoms. The minimum absolute atomic E-state index is 0.680. The van der Waals surface area contributed by atoms with E-state index in [-0.39, 0.29) is 0 Å². The van der Waals surface area contributed by atoms with Crippen molar-refractivity contribution in [2.45, 2.75) is 52.9 Å². The van der Waals surface area contributed by atoms with Crippen LogP contribution in [-0.2, 0) is 11.3 Å². The number of pyridine rings is 1. The largest absolute Gasteiger partial charge is 0.301 e. The van der Waals surface area contributed by atoms with Gasteiger partial charge in [-0.15, -0.1) is 0 Å². The number of hydrogen-bond donors (Lipinski definition) is 1. The molecule has 1 aromatic rings. The summed E-state index contributed by atoms with van der Waals surface area (Å²) in [4.78, 5) is 9.70. The van der Waals surface area contributed by atoms with Crippen LogP contribution in [0.25, 0.3) is 0 Å². The Labute approximate surface area is 124 Å². The molecule has 0 aliphatic heterocycles. The molecule has 0 aliphatic rings. The van der Waals surface area contributed by atoms with E-state index < -0.39 is 0 Å². The molecule has 0 amide bonds. The van der Waals surface area contributed by atoms with Crippen molar-refractivity contribution < 1.29 is 4.84 Å². The van der Waals surface area contributed by atoms with Crippen LogP contribution in [0.1, 0.15) is 52.1 Å². The first kappa shape index (κ1) is 17.1. The molecule has 1 N–H and O–H groups in total. The van der Waals surface area contributed by atoms with Crippen LogP contribution in [0.2, 0.25) is 0 Å². The maximum absolute atomic E-state index is 5.43. The SMILES string of the molecule is CCC(C)C[C@@H](C)CCCNOCCc1ccccn1. The molecular formula is C17H30N2O. The first-order valence-electron chi connectivity index (χ1n) is 7.97. The van der Waals surface area contributed by atoms with Gasteiger partial charge in [-0.05, 0) is 43.2 Å². The summed E-state index contributed by atoms with van der Waals surface area (Å²) in [6.07, 6.45) is 7.78. The molecule has 0 saturated heterocycles. The van der Waals surface area contributed by atoms with E-state index in [0.29, 0.717) is 6.61 Å². The third-order valence-corrected chi connectivity index (χ3v) is 3.77. The number of rotatable bonds is 11. The predicted octanol–water partition coefficient (Wildman–Crippen LogP) is 4.00. The highest BCUT2D eigenvalue weighted by Crippen LogP contribution is 2.18. The second-order valence-corrected chi connectivity index (χ2v) is 5.81. The normalized spacial score (nSPS) is 14.2. The lowest BCUT2D eigenvalue weighted by Crippen LogP contribution is -2.18. The Bertz CT molecular complexity index is 329.